The number of nitrogens with one attached hydrogen (secondary N) is 2. The zero-order chi connectivity index (χ0) is 22.8. The van der Waals surface area contributed by atoms with Gasteiger partial charge in [-0.3, -0.25) is 4.79 Å². The summed E-state index contributed by atoms with van der Waals surface area (Å²) in [5.41, 5.74) is 3.88. The minimum absolute atomic E-state index is 0.00244. The van der Waals surface area contributed by atoms with E-state index in [-0.39, 0.29) is 17.6 Å². The highest BCUT2D eigenvalue weighted by Gasteiger charge is 2.38. The molecule has 3 aromatic carbocycles. The van der Waals surface area contributed by atoms with Crippen LogP contribution in [0.5, 0.6) is 11.5 Å². The van der Waals surface area contributed by atoms with Crippen molar-refractivity contribution in [1.29, 1.82) is 0 Å². The predicted molar refractivity (Wildman–Crippen MR) is 128 cm³/mol. The number of fused-ring (bicyclic) bond motifs is 2. The summed E-state index contributed by atoms with van der Waals surface area (Å²) in [6.45, 7) is 0.916. The third-order valence-electron chi connectivity index (χ3n) is 5.59. The fourth-order valence-electron chi connectivity index (χ4n) is 4.07. The van der Waals surface area contributed by atoms with Crippen LogP contribution in [0.15, 0.2) is 78.4 Å². The van der Waals surface area contributed by atoms with Crippen LogP contribution in [0.2, 0.25) is 0 Å². The van der Waals surface area contributed by atoms with Crippen molar-refractivity contribution in [3.05, 3.63) is 101 Å². The van der Waals surface area contributed by atoms with Crippen molar-refractivity contribution in [2.24, 2.45) is 0 Å². The predicted octanol–water partition coefficient (Wildman–Crippen LogP) is 4.80. The van der Waals surface area contributed by atoms with Gasteiger partial charge in [0.05, 0.1) is 30.5 Å². The largest absolute Gasteiger partial charge is 0.493 e. The van der Waals surface area contributed by atoms with Crippen molar-refractivity contribution in [2.75, 3.05) is 13.2 Å². The maximum Gasteiger partial charge on any atom is 0.194 e. The lowest BCUT2D eigenvalue weighted by molar-refractivity contribution is 0.103. The highest BCUT2D eigenvalue weighted by atomic mass is 32.1. The number of hydrogen-bond acceptors (Lipinski definition) is 4. The van der Waals surface area contributed by atoms with Gasteiger partial charge in [0.25, 0.3) is 0 Å². The molecule has 0 spiro atoms. The van der Waals surface area contributed by atoms with Crippen molar-refractivity contribution < 1.29 is 18.7 Å². The molecule has 0 aromatic heterocycles. The molecule has 5 rings (SSSR count). The number of rotatable bonds is 7. The first-order valence-corrected chi connectivity index (χ1v) is 11.1. The van der Waals surface area contributed by atoms with E-state index in [9.17, 15) is 9.18 Å². The normalized spacial score (nSPS) is 16.6. The smallest absolute Gasteiger partial charge is 0.194 e. The van der Waals surface area contributed by atoms with Crippen LogP contribution in [0.4, 0.5) is 4.39 Å². The molecule has 3 aromatic rings. The highest BCUT2D eigenvalue weighted by molar-refractivity contribution is 7.80. The van der Waals surface area contributed by atoms with E-state index in [4.69, 9.17) is 21.7 Å². The van der Waals surface area contributed by atoms with E-state index < -0.39 is 0 Å². The van der Waals surface area contributed by atoms with Crippen LogP contribution in [0.1, 0.15) is 33.9 Å². The molecular weight excluding hydrogens is 439 g/mol. The maximum absolute atomic E-state index is 13.1. The topological polar surface area (TPSA) is 59.6 Å². The SMILES string of the molecule is O=C1C2=C(NC(=S)NC2c2cccc(OCCCOc3ccc(F)cc3)c2)c2ccccc21. The van der Waals surface area contributed by atoms with Gasteiger partial charge in [0.15, 0.2) is 10.9 Å². The first-order chi connectivity index (χ1) is 16.1. The summed E-state index contributed by atoms with van der Waals surface area (Å²) in [4.78, 5) is 13.1. The number of ether oxygens (including phenoxy) is 2. The molecule has 2 N–H and O–H groups in total. The molecule has 1 heterocycles. The zero-order valence-electron chi connectivity index (χ0n) is 17.6. The lowest BCUT2D eigenvalue weighted by atomic mass is 9.94. The molecule has 1 unspecified atom stereocenters. The quantitative estimate of drug-likeness (QED) is 0.390. The van der Waals surface area contributed by atoms with E-state index in [0.717, 1.165) is 16.8 Å². The van der Waals surface area contributed by atoms with Crippen LogP contribution in [-0.4, -0.2) is 24.1 Å². The molecule has 1 atom stereocenters. The number of benzene rings is 3. The molecule has 33 heavy (non-hydrogen) atoms. The molecule has 0 fully saturated rings. The molecule has 5 nitrogen and oxygen atoms in total. The molecule has 1 aliphatic heterocycles. The van der Waals surface area contributed by atoms with Gasteiger partial charge in [-0.2, -0.15) is 0 Å². The molecule has 7 heteroatoms. The summed E-state index contributed by atoms with van der Waals surface area (Å²) in [6, 6.07) is 20.8. The number of halogens is 1. The number of thiocarbonyl (C=S) groups is 1. The van der Waals surface area contributed by atoms with Gasteiger partial charge >= 0.3 is 0 Å². The lowest BCUT2D eigenvalue weighted by Gasteiger charge is -2.28. The number of ketones is 1. The monoisotopic (exact) mass is 460 g/mol. The lowest BCUT2D eigenvalue weighted by Crippen LogP contribution is -2.43. The third kappa shape index (κ3) is 4.32. The average Bonchev–Trinajstić information content (AvgIpc) is 3.12. The Morgan fingerprint density at radius 2 is 1.61 bits per heavy atom. The van der Waals surface area contributed by atoms with E-state index in [2.05, 4.69) is 10.6 Å². The average molecular weight is 461 g/mol. The van der Waals surface area contributed by atoms with Crippen molar-refractivity contribution in [3.8, 4) is 11.5 Å². The van der Waals surface area contributed by atoms with E-state index in [1.165, 1.54) is 12.1 Å². The Morgan fingerprint density at radius 3 is 2.39 bits per heavy atom. The second-order valence-electron chi connectivity index (χ2n) is 7.77. The Hall–Kier alpha value is -3.71. The minimum atomic E-state index is -0.362. The molecular formula is C26H21FN2O3S. The van der Waals surface area contributed by atoms with Crippen LogP contribution in [0.25, 0.3) is 5.70 Å². The van der Waals surface area contributed by atoms with E-state index in [1.807, 2.05) is 48.5 Å². The van der Waals surface area contributed by atoms with Crippen molar-refractivity contribution in [3.63, 3.8) is 0 Å². The van der Waals surface area contributed by atoms with Gasteiger partial charge in [0.2, 0.25) is 0 Å². The van der Waals surface area contributed by atoms with Crippen LogP contribution in [-0.2, 0) is 0 Å². The molecule has 0 radical (unpaired) electrons. The molecule has 0 amide bonds. The molecule has 0 saturated heterocycles. The van der Waals surface area contributed by atoms with Gasteiger partial charge in [0.1, 0.15) is 17.3 Å². The summed E-state index contributed by atoms with van der Waals surface area (Å²) in [7, 11) is 0. The second-order valence-corrected chi connectivity index (χ2v) is 8.18. The first-order valence-electron chi connectivity index (χ1n) is 10.7. The molecule has 2 aliphatic rings. The molecule has 166 valence electrons. The van der Waals surface area contributed by atoms with Crippen molar-refractivity contribution in [2.45, 2.75) is 12.5 Å². The van der Waals surface area contributed by atoms with Crippen LogP contribution < -0.4 is 20.1 Å². The van der Waals surface area contributed by atoms with Gasteiger partial charge in [-0.05, 0) is 54.2 Å². The molecule has 0 saturated carbocycles. The fraction of sp³-hybridized carbons (Fsp3) is 0.154. The Labute approximate surface area is 196 Å². The second kappa shape index (κ2) is 9.03. The number of carbonyl (C=O) groups is 1. The summed E-state index contributed by atoms with van der Waals surface area (Å²) in [6.07, 6.45) is 0.667. The molecule has 0 bridgehead atoms. The van der Waals surface area contributed by atoms with Gasteiger partial charge in [-0.1, -0.05) is 36.4 Å². The Kier molecular flexibility index (Phi) is 5.79. The standard InChI is InChI=1S/C26H21FN2O3S/c27-17-9-11-18(12-10-17)31-13-4-14-32-19-6-3-5-16(15-19)23-22-24(29-26(33)28-23)20-7-1-2-8-21(20)25(22)30/h1-3,5-12,15,23H,4,13-14H2,(H2,28,29,33). The Balaban J connectivity index is 1.26. The Bertz CT molecular complexity index is 1260. The third-order valence-corrected chi connectivity index (χ3v) is 5.81. The van der Waals surface area contributed by atoms with Crippen LogP contribution >= 0.6 is 12.2 Å². The zero-order valence-corrected chi connectivity index (χ0v) is 18.5. The van der Waals surface area contributed by atoms with Gasteiger partial charge in [-0.15, -0.1) is 0 Å². The van der Waals surface area contributed by atoms with E-state index in [1.54, 1.807) is 12.1 Å². The number of carbonyl (C=O) groups excluding carboxylic acids is 1. The van der Waals surface area contributed by atoms with Crippen LogP contribution in [0, 0.1) is 5.82 Å². The van der Waals surface area contributed by atoms with Gasteiger partial charge in [-0.25, -0.2) is 4.39 Å². The summed E-state index contributed by atoms with van der Waals surface area (Å²) in [5, 5.41) is 6.87. The fourth-order valence-corrected chi connectivity index (χ4v) is 4.29. The summed E-state index contributed by atoms with van der Waals surface area (Å²) >= 11 is 5.42. The minimum Gasteiger partial charge on any atom is -0.493 e. The summed E-state index contributed by atoms with van der Waals surface area (Å²) < 4.78 is 24.5. The molecule has 1 aliphatic carbocycles. The van der Waals surface area contributed by atoms with Crippen LogP contribution in [0.3, 0.4) is 0 Å². The van der Waals surface area contributed by atoms with Gasteiger partial charge in [0, 0.05) is 17.5 Å². The van der Waals surface area contributed by atoms with E-state index >= 15 is 0 Å². The summed E-state index contributed by atoms with van der Waals surface area (Å²) in [5.74, 6) is 1.03. The van der Waals surface area contributed by atoms with E-state index in [0.29, 0.717) is 47.4 Å². The first kappa shape index (κ1) is 21.2. The van der Waals surface area contributed by atoms with Gasteiger partial charge < -0.3 is 20.1 Å². The Morgan fingerprint density at radius 1 is 0.879 bits per heavy atom. The van der Waals surface area contributed by atoms with Crippen molar-refractivity contribution >= 4 is 28.8 Å². The highest BCUT2D eigenvalue weighted by Crippen LogP contribution is 2.40. The number of Topliss-reactive ketones (excluding diaryl/α,β-unsaturated/α-hetero) is 1. The van der Waals surface area contributed by atoms with Crippen molar-refractivity contribution in [1.82, 2.24) is 10.6 Å². The maximum atomic E-state index is 13.1. The number of hydrogen-bond donors (Lipinski definition) is 2.